The second kappa shape index (κ2) is 18.1. The minimum atomic E-state index is -1.13. The maximum Gasteiger partial charge on any atom is 0.266 e. The van der Waals surface area contributed by atoms with E-state index in [4.69, 9.17) is 21.3 Å². The van der Waals surface area contributed by atoms with Gasteiger partial charge in [0.25, 0.3) is 17.7 Å². The Morgan fingerprint density at radius 3 is 2.48 bits per heavy atom. The van der Waals surface area contributed by atoms with Crippen LogP contribution in [0.2, 0.25) is 5.02 Å². The molecular weight excluding hydrogens is 826 g/mol. The molecule has 3 aliphatic heterocycles. The summed E-state index contributed by atoms with van der Waals surface area (Å²) in [5.74, 6) is -2.59. The molecule has 17 nitrogen and oxygen atoms in total. The van der Waals surface area contributed by atoms with Crippen molar-refractivity contribution in [3.05, 3.63) is 91.8 Å². The van der Waals surface area contributed by atoms with Crippen molar-refractivity contribution in [3.8, 4) is 10.8 Å². The summed E-state index contributed by atoms with van der Waals surface area (Å²) < 4.78 is 7.62. The number of benzene rings is 2. The van der Waals surface area contributed by atoms with Crippen molar-refractivity contribution in [2.75, 3.05) is 20.2 Å². The van der Waals surface area contributed by atoms with Crippen LogP contribution in [0.3, 0.4) is 0 Å². The highest BCUT2D eigenvalue weighted by Gasteiger charge is 2.46. The van der Waals surface area contributed by atoms with Gasteiger partial charge in [0.2, 0.25) is 23.6 Å². The fraction of sp³-hybridized carbons (Fsp3) is 0.381. The third kappa shape index (κ3) is 8.81. The zero-order chi connectivity index (χ0) is 43.5. The fourth-order valence-electron chi connectivity index (χ4n) is 7.68. The molecule has 0 spiro atoms. The summed E-state index contributed by atoms with van der Waals surface area (Å²) in [5, 5.41) is 20.8. The van der Waals surface area contributed by atoms with E-state index in [1.807, 2.05) is 30.5 Å². The standard InChI is InChI=1S/C42H44ClN9O8S/c1-21-22(2)61-42-34(21)36(24-12-14-25(43)15-13-24)47-28(37-50-49-23(3)51(37)42)19-32(54)46-27(38(56)44-4)10-6-5-7-18-45-33(55)20-60-30-11-8-9-26-35(30)41(59)52(40(26)58)29-16-17-31(53)48-39(29)57/h8-9,11-15,27-29H,5-7,10,16-20H2,1-4H3,(H,44,56)(H,45,55)(H,46,54)(H,48,53,57)/t27?,28-,29?/m0/s1. The van der Waals surface area contributed by atoms with Crippen LogP contribution in [0, 0.1) is 20.8 Å². The van der Waals surface area contributed by atoms with Crippen LogP contribution in [0.5, 0.6) is 5.75 Å². The van der Waals surface area contributed by atoms with E-state index in [-0.39, 0.29) is 48.0 Å². The number of rotatable bonds is 15. The number of likely N-dealkylation sites (N-methyl/N-ethyl adjacent to an activating group) is 1. The Hall–Kier alpha value is -6.27. The van der Waals surface area contributed by atoms with Crippen LogP contribution in [-0.4, -0.2) is 99.0 Å². The molecule has 1 fully saturated rings. The van der Waals surface area contributed by atoms with E-state index >= 15 is 0 Å². The number of piperidine rings is 1. The molecular formula is C42H44ClN9O8S. The van der Waals surface area contributed by atoms with Crippen LogP contribution in [0.1, 0.15) is 105 Å². The maximum absolute atomic E-state index is 13.7. The number of fused-ring (bicyclic) bond motifs is 4. The summed E-state index contributed by atoms with van der Waals surface area (Å²) in [6.07, 6.45) is 2.03. The fourth-order valence-corrected chi connectivity index (χ4v) is 9.02. The molecule has 4 aromatic rings. The van der Waals surface area contributed by atoms with Gasteiger partial charge in [-0.15, -0.1) is 21.5 Å². The van der Waals surface area contributed by atoms with Gasteiger partial charge in [-0.1, -0.05) is 42.6 Å². The van der Waals surface area contributed by atoms with Gasteiger partial charge >= 0.3 is 0 Å². The van der Waals surface area contributed by atoms with Gasteiger partial charge in [0, 0.05) is 41.0 Å². The normalized spacial score (nSPS) is 17.4. The Morgan fingerprint density at radius 2 is 1.74 bits per heavy atom. The first-order chi connectivity index (χ1) is 29.3. The van der Waals surface area contributed by atoms with Crippen LogP contribution >= 0.6 is 22.9 Å². The SMILES string of the molecule is CNC(=O)C(CCCCCNC(=O)COc1cccc2c1C(=O)N(C1CCC(=O)NC1=O)C2=O)NC(=O)C[C@@H]1N=C(c2ccc(Cl)cc2)c2c(sc(C)c2C)-n2c(C)nnc21. The van der Waals surface area contributed by atoms with Crippen LogP contribution in [0.25, 0.3) is 5.00 Å². The number of carbonyl (C=O) groups excluding carboxylic acids is 7. The Labute approximate surface area is 359 Å². The van der Waals surface area contributed by atoms with Crippen molar-refractivity contribution in [1.82, 2.24) is 40.9 Å². The minimum Gasteiger partial charge on any atom is -0.483 e. The van der Waals surface area contributed by atoms with Gasteiger partial charge in [-0.2, -0.15) is 0 Å². The van der Waals surface area contributed by atoms with Gasteiger partial charge in [0.05, 0.1) is 23.3 Å². The Bertz CT molecular complexity index is 2480. The number of nitrogens with one attached hydrogen (secondary N) is 4. The number of aliphatic imine (C=N–C) groups is 1. The average Bonchev–Trinajstić information content (AvgIpc) is 3.81. The third-order valence-corrected chi connectivity index (χ3v) is 12.4. The summed E-state index contributed by atoms with van der Waals surface area (Å²) in [7, 11) is 1.51. The van der Waals surface area contributed by atoms with Crippen LogP contribution in [0.15, 0.2) is 47.5 Å². The van der Waals surface area contributed by atoms with Gasteiger partial charge in [-0.25, -0.2) is 0 Å². The zero-order valence-electron chi connectivity index (χ0n) is 33.9. The topological polar surface area (TPSA) is 223 Å². The van der Waals surface area contributed by atoms with Crippen molar-refractivity contribution in [1.29, 1.82) is 0 Å². The quantitative estimate of drug-likeness (QED) is 0.100. The van der Waals surface area contributed by atoms with Gasteiger partial charge in [-0.05, 0) is 69.9 Å². The summed E-state index contributed by atoms with van der Waals surface area (Å²) in [6.45, 7) is 5.83. The smallest absolute Gasteiger partial charge is 0.266 e. The first-order valence-corrected chi connectivity index (χ1v) is 21.1. The Morgan fingerprint density at radius 1 is 0.967 bits per heavy atom. The van der Waals surface area contributed by atoms with Crippen molar-refractivity contribution >= 4 is 70.0 Å². The van der Waals surface area contributed by atoms with E-state index in [1.54, 1.807) is 23.5 Å². The number of thiophene rings is 1. The van der Waals surface area contributed by atoms with Gasteiger partial charge in [0.15, 0.2) is 12.4 Å². The molecule has 0 aliphatic carbocycles. The molecule has 318 valence electrons. The number of aromatic nitrogens is 3. The van der Waals surface area contributed by atoms with Gasteiger partial charge in [-0.3, -0.25) is 53.3 Å². The molecule has 2 aromatic carbocycles. The first kappa shape index (κ1) is 42.8. The largest absolute Gasteiger partial charge is 0.483 e. The number of carbonyl (C=O) groups is 7. The molecule has 2 unspecified atom stereocenters. The van der Waals surface area contributed by atoms with Gasteiger partial charge in [0.1, 0.15) is 34.7 Å². The minimum absolute atomic E-state index is 0.00838. The Kier molecular flexibility index (Phi) is 12.7. The number of hydrogen-bond donors (Lipinski definition) is 4. The molecule has 7 amide bonds. The first-order valence-electron chi connectivity index (χ1n) is 19.9. The molecule has 3 aliphatic rings. The summed E-state index contributed by atoms with van der Waals surface area (Å²) >= 11 is 7.84. The second-order valence-corrected chi connectivity index (χ2v) is 16.6. The van der Waals surface area contributed by atoms with Crippen LogP contribution in [0.4, 0.5) is 0 Å². The molecule has 0 radical (unpaired) electrons. The van der Waals surface area contributed by atoms with Gasteiger partial charge < -0.3 is 20.7 Å². The molecule has 0 saturated carbocycles. The number of amides is 7. The molecule has 3 atom stereocenters. The molecule has 0 bridgehead atoms. The molecule has 61 heavy (non-hydrogen) atoms. The number of halogens is 1. The van der Waals surface area contributed by atoms with E-state index in [1.165, 1.54) is 25.2 Å². The number of unbranched alkanes of at least 4 members (excludes halogenated alkanes) is 2. The monoisotopic (exact) mass is 869 g/mol. The maximum atomic E-state index is 13.7. The lowest BCUT2D eigenvalue weighted by Gasteiger charge is -2.27. The van der Waals surface area contributed by atoms with E-state index < -0.39 is 54.3 Å². The van der Waals surface area contributed by atoms with E-state index in [9.17, 15) is 33.6 Å². The van der Waals surface area contributed by atoms with Crippen LogP contribution < -0.4 is 26.0 Å². The van der Waals surface area contributed by atoms with Crippen LogP contribution in [-0.2, 0) is 24.0 Å². The molecule has 1 saturated heterocycles. The summed E-state index contributed by atoms with van der Waals surface area (Å²) in [4.78, 5) is 96.9. The highest BCUT2D eigenvalue weighted by molar-refractivity contribution is 7.15. The predicted molar refractivity (Wildman–Crippen MR) is 224 cm³/mol. The lowest BCUT2D eigenvalue weighted by atomic mass is 9.99. The lowest BCUT2D eigenvalue weighted by molar-refractivity contribution is -0.136. The summed E-state index contributed by atoms with van der Waals surface area (Å²) in [6, 6.07) is 9.17. The molecule has 19 heteroatoms. The molecule has 5 heterocycles. The highest BCUT2D eigenvalue weighted by atomic mass is 35.5. The zero-order valence-corrected chi connectivity index (χ0v) is 35.5. The number of nitrogens with zero attached hydrogens (tertiary/aromatic N) is 5. The second-order valence-electron chi connectivity index (χ2n) is 15.0. The lowest BCUT2D eigenvalue weighted by Crippen LogP contribution is -2.54. The molecule has 2 aromatic heterocycles. The molecule has 4 N–H and O–H groups in total. The van der Waals surface area contributed by atoms with Crippen molar-refractivity contribution in [3.63, 3.8) is 0 Å². The number of imide groups is 2. The van der Waals surface area contributed by atoms with E-state index in [0.29, 0.717) is 54.6 Å². The van der Waals surface area contributed by atoms with E-state index in [0.717, 1.165) is 31.5 Å². The average molecular weight is 870 g/mol. The Balaban J connectivity index is 0.916. The summed E-state index contributed by atoms with van der Waals surface area (Å²) in [5.41, 5.74) is 3.56. The van der Waals surface area contributed by atoms with Crippen molar-refractivity contribution < 1.29 is 38.3 Å². The number of hydrogen-bond acceptors (Lipinski definition) is 12. The van der Waals surface area contributed by atoms with Crippen molar-refractivity contribution in [2.45, 2.75) is 83.8 Å². The third-order valence-electron chi connectivity index (χ3n) is 10.9. The number of ether oxygens (including phenoxy) is 1. The highest BCUT2D eigenvalue weighted by Crippen LogP contribution is 2.40. The molecule has 7 rings (SSSR count). The van der Waals surface area contributed by atoms with Crippen molar-refractivity contribution in [2.24, 2.45) is 4.99 Å². The number of aryl methyl sites for hydroxylation is 2. The predicted octanol–water partition coefficient (Wildman–Crippen LogP) is 3.58. The van der Waals surface area contributed by atoms with E-state index in [2.05, 4.69) is 38.4 Å².